The number of rotatable bonds is 5. The van der Waals surface area contributed by atoms with Crippen molar-refractivity contribution in [3.63, 3.8) is 0 Å². The van der Waals surface area contributed by atoms with Crippen LogP contribution in [0.2, 0.25) is 0 Å². The number of hydrogen-bond acceptors (Lipinski definition) is 5. The highest BCUT2D eigenvalue weighted by molar-refractivity contribution is 5.74. The molecule has 1 N–H and O–H groups in total. The summed E-state index contributed by atoms with van der Waals surface area (Å²) in [6.45, 7) is 6.62. The van der Waals surface area contributed by atoms with Gasteiger partial charge in [-0.2, -0.15) is 0 Å². The molecule has 0 saturated carbocycles. The molecule has 0 atom stereocenters. The topological polar surface area (TPSA) is 60.5 Å². The molecule has 0 bridgehead atoms. The zero-order valence-electron chi connectivity index (χ0n) is 13.9. The second kappa shape index (κ2) is 7.13. The molecule has 0 radical (unpaired) electrons. The molecule has 0 aliphatic heterocycles. The van der Waals surface area contributed by atoms with Crippen LogP contribution < -0.4 is 10.1 Å². The zero-order chi connectivity index (χ0) is 16.9. The van der Waals surface area contributed by atoms with Gasteiger partial charge in [0.1, 0.15) is 12.3 Å². The van der Waals surface area contributed by atoms with E-state index in [-0.39, 0.29) is 17.9 Å². The number of pyridine rings is 1. The molecule has 1 aromatic heterocycles. The van der Waals surface area contributed by atoms with Gasteiger partial charge in [0.05, 0.1) is 19.0 Å². The highest BCUT2D eigenvalue weighted by Crippen LogP contribution is 2.26. The number of benzene rings is 1. The first-order valence-electron chi connectivity index (χ1n) is 7.43. The Labute approximate surface area is 136 Å². The summed E-state index contributed by atoms with van der Waals surface area (Å²) < 4.78 is 10.3. The van der Waals surface area contributed by atoms with Crippen molar-refractivity contribution in [2.24, 2.45) is 0 Å². The summed E-state index contributed by atoms with van der Waals surface area (Å²) >= 11 is 0. The quantitative estimate of drug-likeness (QED) is 0.852. The van der Waals surface area contributed by atoms with Gasteiger partial charge < -0.3 is 14.8 Å². The lowest BCUT2D eigenvalue weighted by Crippen LogP contribution is -2.14. The van der Waals surface area contributed by atoms with E-state index in [4.69, 9.17) is 4.74 Å². The van der Waals surface area contributed by atoms with Crippen molar-refractivity contribution in [2.45, 2.75) is 26.2 Å². The van der Waals surface area contributed by atoms with Gasteiger partial charge in [0.15, 0.2) is 0 Å². The SMILES string of the molecule is COC(=O)CNc1ccc(Oc2ccc(C(C)(C)C)cc2)nc1. The van der Waals surface area contributed by atoms with Gasteiger partial charge in [-0.15, -0.1) is 0 Å². The van der Waals surface area contributed by atoms with Crippen molar-refractivity contribution in [2.75, 3.05) is 19.0 Å². The molecule has 23 heavy (non-hydrogen) atoms. The van der Waals surface area contributed by atoms with Gasteiger partial charge in [-0.1, -0.05) is 32.9 Å². The third-order valence-electron chi connectivity index (χ3n) is 3.34. The first-order valence-corrected chi connectivity index (χ1v) is 7.43. The zero-order valence-corrected chi connectivity index (χ0v) is 13.9. The molecule has 1 heterocycles. The van der Waals surface area contributed by atoms with E-state index in [1.54, 1.807) is 18.3 Å². The maximum absolute atomic E-state index is 11.1. The number of aromatic nitrogens is 1. The van der Waals surface area contributed by atoms with Crippen LogP contribution in [-0.2, 0) is 14.9 Å². The average molecular weight is 314 g/mol. The fraction of sp³-hybridized carbons (Fsp3) is 0.333. The van der Waals surface area contributed by atoms with Gasteiger partial charge >= 0.3 is 5.97 Å². The van der Waals surface area contributed by atoms with Crippen LogP contribution in [0.1, 0.15) is 26.3 Å². The van der Waals surface area contributed by atoms with Crippen molar-refractivity contribution in [3.8, 4) is 11.6 Å². The molecule has 1 aromatic carbocycles. The summed E-state index contributed by atoms with van der Waals surface area (Å²) in [6.07, 6.45) is 1.61. The van der Waals surface area contributed by atoms with Gasteiger partial charge in [-0.3, -0.25) is 4.79 Å². The Hall–Kier alpha value is -2.56. The number of carbonyl (C=O) groups is 1. The van der Waals surface area contributed by atoms with Crippen molar-refractivity contribution in [1.29, 1.82) is 0 Å². The second-order valence-electron chi connectivity index (χ2n) is 6.19. The van der Waals surface area contributed by atoms with Crippen LogP contribution in [0, 0.1) is 0 Å². The Kier molecular flexibility index (Phi) is 5.21. The van der Waals surface area contributed by atoms with Crippen LogP contribution in [0.4, 0.5) is 5.69 Å². The molecule has 0 aliphatic carbocycles. The number of hydrogen-bond donors (Lipinski definition) is 1. The molecule has 122 valence electrons. The summed E-state index contributed by atoms with van der Waals surface area (Å²) in [6, 6.07) is 11.5. The predicted molar refractivity (Wildman–Crippen MR) is 90.0 cm³/mol. The van der Waals surface area contributed by atoms with Crippen LogP contribution in [0.25, 0.3) is 0 Å². The largest absolute Gasteiger partial charge is 0.468 e. The van der Waals surface area contributed by atoms with Gasteiger partial charge in [0.2, 0.25) is 5.88 Å². The number of methoxy groups -OCH3 is 1. The van der Waals surface area contributed by atoms with E-state index in [1.165, 1.54) is 12.7 Å². The molecule has 0 spiro atoms. The van der Waals surface area contributed by atoms with Crippen molar-refractivity contribution >= 4 is 11.7 Å². The Morgan fingerprint density at radius 3 is 2.35 bits per heavy atom. The Bertz CT molecular complexity index is 643. The molecule has 0 unspecified atom stereocenters. The van der Waals surface area contributed by atoms with E-state index < -0.39 is 0 Å². The molecule has 0 fully saturated rings. The third kappa shape index (κ3) is 4.98. The number of anilines is 1. The number of nitrogens with zero attached hydrogens (tertiary/aromatic N) is 1. The molecule has 2 rings (SSSR count). The summed E-state index contributed by atoms with van der Waals surface area (Å²) in [5.74, 6) is 0.905. The lowest BCUT2D eigenvalue weighted by atomic mass is 9.87. The van der Waals surface area contributed by atoms with Crippen LogP contribution >= 0.6 is 0 Å². The van der Waals surface area contributed by atoms with Crippen molar-refractivity contribution in [3.05, 3.63) is 48.2 Å². The number of carbonyl (C=O) groups excluding carboxylic acids is 1. The standard InChI is InChI=1S/C18H22N2O3/c1-18(2,3)13-5-8-15(9-6-13)23-16-10-7-14(11-20-16)19-12-17(21)22-4/h5-11,19H,12H2,1-4H3. The summed E-state index contributed by atoms with van der Waals surface area (Å²) in [4.78, 5) is 15.3. The lowest BCUT2D eigenvalue weighted by molar-refractivity contribution is -0.138. The second-order valence-corrected chi connectivity index (χ2v) is 6.19. The predicted octanol–water partition coefficient (Wildman–Crippen LogP) is 3.76. The molecular weight excluding hydrogens is 292 g/mol. The van der Waals surface area contributed by atoms with E-state index in [0.717, 1.165) is 11.4 Å². The average Bonchev–Trinajstić information content (AvgIpc) is 2.53. The minimum Gasteiger partial charge on any atom is -0.468 e. The van der Waals surface area contributed by atoms with E-state index in [1.807, 2.05) is 12.1 Å². The molecule has 5 nitrogen and oxygen atoms in total. The van der Waals surface area contributed by atoms with Crippen LogP contribution in [-0.4, -0.2) is 24.6 Å². The summed E-state index contributed by atoms with van der Waals surface area (Å²) in [5.41, 5.74) is 2.09. The number of nitrogens with one attached hydrogen (secondary N) is 1. The van der Waals surface area contributed by atoms with Gasteiger partial charge in [0.25, 0.3) is 0 Å². The van der Waals surface area contributed by atoms with E-state index >= 15 is 0 Å². The van der Waals surface area contributed by atoms with E-state index in [9.17, 15) is 4.79 Å². The smallest absolute Gasteiger partial charge is 0.325 e. The Morgan fingerprint density at radius 2 is 1.83 bits per heavy atom. The first-order chi connectivity index (χ1) is 10.9. The Balaban J connectivity index is 1.96. The maximum Gasteiger partial charge on any atom is 0.325 e. The fourth-order valence-electron chi connectivity index (χ4n) is 1.94. The van der Waals surface area contributed by atoms with Gasteiger partial charge in [-0.05, 0) is 29.2 Å². The number of esters is 1. The first kappa shape index (κ1) is 16.8. The van der Waals surface area contributed by atoms with E-state index in [2.05, 4.69) is 47.9 Å². The number of ether oxygens (including phenoxy) is 2. The third-order valence-corrected chi connectivity index (χ3v) is 3.34. The molecule has 0 aliphatic rings. The van der Waals surface area contributed by atoms with E-state index in [0.29, 0.717) is 5.88 Å². The van der Waals surface area contributed by atoms with Crippen LogP contribution in [0.3, 0.4) is 0 Å². The van der Waals surface area contributed by atoms with Gasteiger partial charge in [0, 0.05) is 6.07 Å². The normalized spacial score (nSPS) is 11.0. The fourth-order valence-corrected chi connectivity index (χ4v) is 1.94. The van der Waals surface area contributed by atoms with Crippen molar-refractivity contribution < 1.29 is 14.3 Å². The highest BCUT2D eigenvalue weighted by atomic mass is 16.5. The lowest BCUT2D eigenvalue weighted by Gasteiger charge is -2.19. The maximum atomic E-state index is 11.1. The van der Waals surface area contributed by atoms with Gasteiger partial charge in [-0.25, -0.2) is 4.98 Å². The molecular formula is C18H22N2O3. The van der Waals surface area contributed by atoms with Crippen LogP contribution in [0.15, 0.2) is 42.6 Å². The molecule has 0 amide bonds. The molecule has 2 aromatic rings. The van der Waals surface area contributed by atoms with Crippen LogP contribution in [0.5, 0.6) is 11.6 Å². The minimum atomic E-state index is -0.329. The highest BCUT2D eigenvalue weighted by Gasteiger charge is 2.13. The molecule has 0 saturated heterocycles. The monoisotopic (exact) mass is 314 g/mol. The summed E-state index contributed by atoms with van der Waals surface area (Å²) in [5, 5.41) is 2.92. The Morgan fingerprint density at radius 1 is 1.13 bits per heavy atom. The minimum absolute atomic E-state index is 0.104. The summed E-state index contributed by atoms with van der Waals surface area (Å²) in [7, 11) is 1.35. The van der Waals surface area contributed by atoms with Crippen molar-refractivity contribution in [1.82, 2.24) is 4.98 Å². The molecule has 5 heteroatoms.